The van der Waals surface area contributed by atoms with Crippen molar-refractivity contribution in [2.45, 2.75) is 161 Å². The Labute approximate surface area is 307 Å². The van der Waals surface area contributed by atoms with Crippen LogP contribution in [0.2, 0.25) is 8.35 Å². The number of halogens is 2. The standard InChI is InChI=1S/2C21H31.C2H4.2ClH.Hf/c2*1-14(2)11-15-12-16-17(13-15)19(21(6,7)8)10-9-18(16)20(3,4)5;1-2;;;/h2*9-10,12-14H,11H2,1-8H3;1-2H2;2*1H;/q;;;;;+2/p-2. The van der Waals surface area contributed by atoms with E-state index >= 15 is 0 Å². The predicted molar refractivity (Wildman–Crippen MR) is 198 cm³/mol. The predicted octanol–water partition coefficient (Wildman–Crippen LogP) is 7.56. The minimum absolute atomic E-state index is 0. The van der Waals surface area contributed by atoms with Crippen molar-refractivity contribution < 1.29 is 44.8 Å². The fraction of sp³-hybridized carbons (Fsp3) is 0.636. The zero-order valence-electron chi connectivity index (χ0n) is 32.9. The van der Waals surface area contributed by atoms with Gasteiger partial charge >= 0.3 is 285 Å². The molecule has 1 heterocycles. The summed E-state index contributed by atoms with van der Waals surface area (Å²) in [7, 11) is 0. The molecule has 1 fully saturated rings. The Morgan fingerprint density at radius 1 is 0.511 bits per heavy atom. The summed E-state index contributed by atoms with van der Waals surface area (Å²) in [5.41, 5.74) is 17.3. The van der Waals surface area contributed by atoms with Gasteiger partial charge in [0, 0.05) is 0 Å². The van der Waals surface area contributed by atoms with Gasteiger partial charge in [0.2, 0.25) is 0 Å². The molecule has 0 aromatic heterocycles. The maximum atomic E-state index is 2.76. The second-order valence-corrected chi connectivity index (χ2v) is 36.8. The van der Waals surface area contributed by atoms with E-state index in [4.69, 9.17) is 0 Å². The minimum Gasteiger partial charge on any atom is -1.00 e. The molecular formula is C44H66Cl2Hf. The van der Waals surface area contributed by atoms with Crippen LogP contribution in [0.25, 0.3) is 12.2 Å². The first kappa shape index (κ1) is 40.8. The second-order valence-electron chi connectivity index (χ2n) is 20.2. The molecule has 0 radical (unpaired) electrons. The van der Waals surface area contributed by atoms with Crippen LogP contribution < -0.4 is 24.8 Å². The van der Waals surface area contributed by atoms with Gasteiger partial charge in [0.05, 0.1) is 0 Å². The Hall–Kier alpha value is -0.630. The zero-order chi connectivity index (χ0) is 33.7. The molecule has 2 atom stereocenters. The van der Waals surface area contributed by atoms with E-state index in [0.717, 1.165) is 0 Å². The van der Waals surface area contributed by atoms with E-state index in [1.165, 1.54) is 12.8 Å². The van der Waals surface area contributed by atoms with Gasteiger partial charge in [0.1, 0.15) is 0 Å². The van der Waals surface area contributed by atoms with Gasteiger partial charge in [-0.25, -0.2) is 0 Å². The van der Waals surface area contributed by atoms with Crippen molar-refractivity contribution in [2.24, 2.45) is 11.8 Å². The van der Waals surface area contributed by atoms with E-state index in [1.54, 1.807) is 52.9 Å². The molecule has 2 unspecified atom stereocenters. The third-order valence-corrected chi connectivity index (χ3v) is 30.0. The Morgan fingerprint density at radius 2 is 0.787 bits per heavy atom. The summed E-state index contributed by atoms with van der Waals surface area (Å²) in [6, 6.07) is 10.1. The number of hydrogen-bond donors (Lipinski definition) is 0. The van der Waals surface area contributed by atoms with Gasteiger partial charge in [-0.2, -0.15) is 0 Å². The van der Waals surface area contributed by atoms with Crippen LogP contribution in [0.3, 0.4) is 0 Å². The number of benzene rings is 2. The summed E-state index contributed by atoms with van der Waals surface area (Å²) in [4.78, 5) is 0. The van der Waals surface area contributed by atoms with Crippen molar-refractivity contribution in [1.29, 1.82) is 0 Å². The quantitative estimate of drug-likeness (QED) is 0.264. The van der Waals surface area contributed by atoms with E-state index in [0.29, 0.717) is 19.2 Å². The number of rotatable bonds is 6. The van der Waals surface area contributed by atoms with E-state index in [-0.39, 0.29) is 46.5 Å². The summed E-state index contributed by atoms with van der Waals surface area (Å²) in [5.74, 6) is 1.35. The molecule has 1 saturated heterocycles. The van der Waals surface area contributed by atoms with Crippen LogP contribution in [-0.2, 0) is 41.6 Å². The first-order valence-corrected chi connectivity index (χ1v) is 27.5. The van der Waals surface area contributed by atoms with Gasteiger partial charge in [-0.1, -0.05) is 0 Å². The van der Waals surface area contributed by atoms with Crippen molar-refractivity contribution in [1.82, 2.24) is 0 Å². The minimum atomic E-state index is -3.13. The maximum absolute atomic E-state index is 3.13. The largest absolute Gasteiger partial charge is 1.00 e. The topological polar surface area (TPSA) is 0 Å². The zero-order valence-corrected chi connectivity index (χ0v) is 38.0. The average Bonchev–Trinajstić information content (AvgIpc) is 3.40. The molecular weight excluding hydrogens is 778 g/mol. The van der Waals surface area contributed by atoms with Gasteiger partial charge in [0.25, 0.3) is 0 Å². The smallest absolute Gasteiger partial charge is 1.00 e. The molecule has 2 aromatic rings. The summed E-state index contributed by atoms with van der Waals surface area (Å²) in [6.07, 6.45) is 8.00. The van der Waals surface area contributed by atoms with Crippen molar-refractivity contribution >= 4 is 12.2 Å². The van der Waals surface area contributed by atoms with Crippen LogP contribution in [0.1, 0.15) is 175 Å². The summed E-state index contributed by atoms with van der Waals surface area (Å²) < 4.78 is 4.48. The third-order valence-electron chi connectivity index (χ3n) is 11.0. The molecule has 0 spiro atoms. The second kappa shape index (κ2) is 13.5. The van der Waals surface area contributed by atoms with Gasteiger partial charge in [-0.15, -0.1) is 0 Å². The molecule has 0 bridgehead atoms. The number of fused-ring (bicyclic) bond motifs is 2. The van der Waals surface area contributed by atoms with Crippen molar-refractivity contribution in [3.63, 3.8) is 0 Å². The van der Waals surface area contributed by atoms with E-state index in [9.17, 15) is 0 Å². The number of allylic oxidation sites excluding steroid dienone is 2. The van der Waals surface area contributed by atoms with Crippen LogP contribution in [0.5, 0.6) is 0 Å². The molecule has 47 heavy (non-hydrogen) atoms. The summed E-state index contributed by atoms with van der Waals surface area (Å²) >= 11 is -3.13. The molecule has 2 aromatic carbocycles. The molecule has 0 nitrogen and oxygen atoms in total. The molecule has 5 rings (SSSR count). The maximum Gasteiger partial charge on any atom is -1.00 e. The van der Waals surface area contributed by atoms with E-state index in [2.05, 4.69) is 147 Å². The molecule has 1 aliphatic heterocycles. The molecule has 0 N–H and O–H groups in total. The fourth-order valence-corrected chi connectivity index (χ4v) is 37.2. The molecule has 0 amide bonds. The van der Waals surface area contributed by atoms with Gasteiger partial charge in [0.15, 0.2) is 0 Å². The molecule has 0 saturated carbocycles. The van der Waals surface area contributed by atoms with Crippen molar-refractivity contribution in [3.8, 4) is 0 Å². The normalized spacial score (nSPS) is 19.7. The fourth-order valence-electron chi connectivity index (χ4n) is 9.23. The van der Waals surface area contributed by atoms with Gasteiger partial charge in [-0.05, 0) is 0 Å². The summed E-state index contributed by atoms with van der Waals surface area (Å²) in [6.45, 7) is 39.2. The van der Waals surface area contributed by atoms with Crippen molar-refractivity contribution in [3.05, 3.63) is 79.9 Å². The Balaban J connectivity index is 0.00000300. The van der Waals surface area contributed by atoms with Gasteiger partial charge < -0.3 is 24.8 Å². The number of hydrogen-bond acceptors (Lipinski definition) is 0. The van der Waals surface area contributed by atoms with Crippen LogP contribution in [-0.4, -0.2) is 0 Å². The molecule has 260 valence electrons. The Morgan fingerprint density at radius 3 is 1.02 bits per heavy atom. The molecule has 3 aliphatic rings. The first-order valence-electron chi connectivity index (χ1n) is 18.2. The Kier molecular flexibility index (Phi) is 11.7. The SMILES string of the molecule is CC(C)CC1=Cc2c(C(C)(C)C)ccc(C(C)(C)C)c2[CH]1[Hf+2]1([CH]2C(CC(C)C)=Cc3c(C(C)(C)C)ccc(C(C)(C)C)c32)[CH2][CH2]1.[Cl-].[Cl-]. The van der Waals surface area contributed by atoms with Crippen LogP contribution in [0, 0.1) is 11.8 Å². The monoisotopic (exact) mass is 844 g/mol. The Bertz CT molecular complexity index is 1420. The van der Waals surface area contributed by atoms with E-state index in [1.807, 2.05) is 11.1 Å². The van der Waals surface area contributed by atoms with Crippen LogP contribution in [0.15, 0.2) is 35.4 Å². The van der Waals surface area contributed by atoms with Crippen molar-refractivity contribution in [2.75, 3.05) is 0 Å². The first-order chi connectivity index (χ1) is 20.5. The van der Waals surface area contributed by atoms with E-state index < -0.39 is 20.0 Å². The average molecular weight is 844 g/mol. The molecule has 3 heteroatoms. The van der Waals surface area contributed by atoms with Gasteiger partial charge in [-0.3, -0.25) is 0 Å². The molecule has 2 aliphatic carbocycles. The van der Waals surface area contributed by atoms with Crippen LogP contribution >= 0.6 is 0 Å². The van der Waals surface area contributed by atoms with Crippen LogP contribution in [0.4, 0.5) is 0 Å². The summed E-state index contributed by atoms with van der Waals surface area (Å²) in [5, 5.41) is 0. The third kappa shape index (κ3) is 7.54.